The molecule has 0 bridgehead atoms. The molecule has 28 heavy (non-hydrogen) atoms. The number of benzene rings is 2. The summed E-state index contributed by atoms with van der Waals surface area (Å²) in [4.78, 5) is 37.7. The van der Waals surface area contributed by atoms with Crippen molar-refractivity contribution >= 4 is 17.5 Å². The number of nitrogens with zero attached hydrogens (tertiary/aromatic N) is 2. The topological polar surface area (TPSA) is 92.6 Å². The van der Waals surface area contributed by atoms with Crippen LogP contribution in [0.2, 0.25) is 0 Å². The van der Waals surface area contributed by atoms with Gasteiger partial charge >= 0.3 is 0 Å². The van der Waals surface area contributed by atoms with Crippen LogP contribution in [0.5, 0.6) is 0 Å². The van der Waals surface area contributed by atoms with Crippen molar-refractivity contribution in [2.45, 2.75) is 39.8 Å². The van der Waals surface area contributed by atoms with E-state index in [-0.39, 0.29) is 30.5 Å². The SMILES string of the molecule is CCNC(=O)[C@@H](C)N(Cc1ccccc1C)C(=O)Cc1ccccc1[N+](=O)[O-]. The Labute approximate surface area is 164 Å². The third-order valence-electron chi connectivity index (χ3n) is 4.65. The first-order chi connectivity index (χ1) is 13.3. The number of carbonyl (C=O) groups excluding carboxylic acids is 2. The molecule has 0 aliphatic rings. The first kappa shape index (κ1) is 21.1. The van der Waals surface area contributed by atoms with Crippen molar-refractivity contribution in [1.82, 2.24) is 10.2 Å². The molecular formula is C21H25N3O4. The number of nitro benzene ring substituents is 1. The molecule has 0 aliphatic heterocycles. The highest BCUT2D eigenvalue weighted by atomic mass is 16.6. The number of para-hydroxylation sites is 1. The van der Waals surface area contributed by atoms with Gasteiger partial charge in [0.1, 0.15) is 6.04 Å². The van der Waals surface area contributed by atoms with Gasteiger partial charge in [-0.15, -0.1) is 0 Å². The fourth-order valence-corrected chi connectivity index (χ4v) is 2.98. The molecule has 1 N–H and O–H groups in total. The van der Waals surface area contributed by atoms with Crippen LogP contribution < -0.4 is 5.32 Å². The standard InChI is InChI=1S/C21H25N3O4/c1-4-22-21(26)16(3)23(14-18-11-6-5-9-15(18)2)20(25)13-17-10-7-8-12-19(17)24(27)28/h5-12,16H,4,13-14H2,1-3H3,(H,22,26)/t16-/m1/s1. The lowest BCUT2D eigenvalue weighted by molar-refractivity contribution is -0.385. The zero-order valence-electron chi connectivity index (χ0n) is 16.3. The molecule has 2 rings (SSSR count). The number of likely N-dealkylation sites (N-methyl/N-ethyl adjacent to an activating group) is 1. The van der Waals surface area contributed by atoms with Gasteiger partial charge in [0.05, 0.1) is 11.3 Å². The first-order valence-corrected chi connectivity index (χ1v) is 9.19. The second-order valence-electron chi connectivity index (χ2n) is 6.58. The van der Waals surface area contributed by atoms with E-state index in [9.17, 15) is 19.7 Å². The van der Waals surface area contributed by atoms with Crippen molar-refractivity contribution in [3.05, 3.63) is 75.3 Å². The number of nitrogens with one attached hydrogen (secondary N) is 1. The van der Waals surface area contributed by atoms with Crippen molar-refractivity contribution < 1.29 is 14.5 Å². The molecule has 148 valence electrons. The summed E-state index contributed by atoms with van der Waals surface area (Å²) in [5.74, 6) is -0.594. The summed E-state index contributed by atoms with van der Waals surface area (Å²) >= 11 is 0. The van der Waals surface area contributed by atoms with Crippen LogP contribution in [0.4, 0.5) is 5.69 Å². The molecule has 1 atom stereocenters. The molecule has 0 aliphatic carbocycles. The largest absolute Gasteiger partial charge is 0.355 e. The average molecular weight is 383 g/mol. The van der Waals surface area contributed by atoms with Crippen LogP contribution >= 0.6 is 0 Å². The summed E-state index contributed by atoms with van der Waals surface area (Å²) in [6.45, 7) is 6.13. The average Bonchev–Trinajstić information content (AvgIpc) is 2.67. The van der Waals surface area contributed by atoms with Crippen molar-refractivity contribution in [3.63, 3.8) is 0 Å². The summed E-state index contributed by atoms with van der Waals surface area (Å²) in [5, 5.41) is 14.0. The van der Waals surface area contributed by atoms with E-state index in [2.05, 4.69) is 5.32 Å². The molecule has 0 fully saturated rings. The maximum absolute atomic E-state index is 13.1. The summed E-state index contributed by atoms with van der Waals surface area (Å²) in [6.07, 6.45) is -0.146. The predicted octanol–water partition coefficient (Wildman–Crippen LogP) is 3.00. The zero-order valence-corrected chi connectivity index (χ0v) is 16.3. The third kappa shape index (κ3) is 5.16. The van der Waals surface area contributed by atoms with Gasteiger partial charge in [-0.25, -0.2) is 0 Å². The Bertz CT molecular complexity index is 866. The van der Waals surface area contributed by atoms with E-state index >= 15 is 0 Å². The zero-order chi connectivity index (χ0) is 20.7. The van der Waals surface area contributed by atoms with Crippen LogP contribution in [0.25, 0.3) is 0 Å². The molecule has 7 nitrogen and oxygen atoms in total. The Kier molecular flexibility index (Phi) is 7.26. The van der Waals surface area contributed by atoms with Gasteiger partial charge in [0.25, 0.3) is 5.69 Å². The molecule has 0 radical (unpaired) electrons. The number of carbonyl (C=O) groups is 2. The van der Waals surface area contributed by atoms with Crippen LogP contribution in [0.1, 0.15) is 30.5 Å². The van der Waals surface area contributed by atoms with Crippen molar-refractivity contribution in [2.24, 2.45) is 0 Å². The molecule has 0 unspecified atom stereocenters. The van der Waals surface area contributed by atoms with Gasteiger partial charge in [-0.05, 0) is 31.9 Å². The van der Waals surface area contributed by atoms with Crippen molar-refractivity contribution in [2.75, 3.05) is 6.54 Å². The number of aryl methyl sites for hydroxylation is 1. The van der Waals surface area contributed by atoms with Gasteiger partial charge < -0.3 is 10.2 Å². The lowest BCUT2D eigenvalue weighted by Crippen LogP contribution is -2.48. The number of nitro groups is 1. The van der Waals surface area contributed by atoms with Crippen LogP contribution in [0.3, 0.4) is 0 Å². The Hall–Kier alpha value is -3.22. The fourth-order valence-electron chi connectivity index (χ4n) is 2.98. The number of hydrogen-bond acceptors (Lipinski definition) is 4. The van der Waals surface area contributed by atoms with Gasteiger partial charge in [0.2, 0.25) is 11.8 Å². The van der Waals surface area contributed by atoms with E-state index < -0.39 is 11.0 Å². The summed E-state index contributed by atoms with van der Waals surface area (Å²) < 4.78 is 0. The maximum Gasteiger partial charge on any atom is 0.273 e. The molecule has 0 saturated carbocycles. The van der Waals surface area contributed by atoms with E-state index in [4.69, 9.17) is 0 Å². The lowest BCUT2D eigenvalue weighted by Gasteiger charge is -2.29. The van der Waals surface area contributed by atoms with E-state index in [0.29, 0.717) is 12.1 Å². The van der Waals surface area contributed by atoms with Gasteiger partial charge in [-0.3, -0.25) is 19.7 Å². The minimum Gasteiger partial charge on any atom is -0.355 e. The second kappa shape index (κ2) is 9.64. The molecule has 0 saturated heterocycles. The van der Waals surface area contributed by atoms with Crippen molar-refractivity contribution in [1.29, 1.82) is 0 Å². The first-order valence-electron chi connectivity index (χ1n) is 9.19. The molecule has 2 amide bonds. The summed E-state index contributed by atoms with van der Waals surface area (Å²) in [7, 11) is 0. The molecule has 0 heterocycles. The Morgan fingerprint density at radius 3 is 2.32 bits per heavy atom. The lowest BCUT2D eigenvalue weighted by atomic mass is 10.0. The molecule has 0 aromatic heterocycles. The van der Waals surface area contributed by atoms with E-state index in [1.54, 1.807) is 25.1 Å². The smallest absolute Gasteiger partial charge is 0.273 e. The fraction of sp³-hybridized carbons (Fsp3) is 0.333. The van der Waals surface area contributed by atoms with Crippen LogP contribution in [-0.4, -0.2) is 34.2 Å². The minimum absolute atomic E-state index is 0.0997. The minimum atomic E-state index is -0.699. The highest BCUT2D eigenvalue weighted by Gasteiger charge is 2.27. The van der Waals surface area contributed by atoms with Crippen molar-refractivity contribution in [3.8, 4) is 0 Å². The molecule has 2 aromatic rings. The van der Waals surface area contributed by atoms with Crippen LogP contribution in [0.15, 0.2) is 48.5 Å². The monoisotopic (exact) mass is 383 g/mol. The van der Waals surface area contributed by atoms with E-state index in [1.807, 2.05) is 38.1 Å². The second-order valence-corrected chi connectivity index (χ2v) is 6.58. The quantitative estimate of drug-likeness (QED) is 0.560. The third-order valence-corrected chi connectivity index (χ3v) is 4.65. The predicted molar refractivity (Wildman–Crippen MR) is 107 cm³/mol. The number of rotatable bonds is 8. The van der Waals surface area contributed by atoms with Crippen LogP contribution in [-0.2, 0) is 22.6 Å². The normalized spacial score (nSPS) is 11.5. The number of amides is 2. The van der Waals surface area contributed by atoms with E-state index in [0.717, 1.165) is 11.1 Å². The highest BCUT2D eigenvalue weighted by Crippen LogP contribution is 2.21. The summed E-state index contributed by atoms with van der Waals surface area (Å²) in [5.41, 5.74) is 2.16. The molecule has 2 aromatic carbocycles. The van der Waals surface area contributed by atoms with Gasteiger partial charge in [-0.2, -0.15) is 0 Å². The van der Waals surface area contributed by atoms with Gasteiger partial charge in [0, 0.05) is 24.7 Å². The molecule has 7 heteroatoms. The van der Waals surface area contributed by atoms with Gasteiger partial charge in [-0.1, -0.05) is 42.5 Å². The molecular weight excluding hydrogens is 358 g/mol. The number of hydrogen-bond donors (Lipinski definition) is 1. The van der Waals surface area contributed by atoms with Crippen LogP contribution in [0, 0.1) is 17.0 Å². The summed E-state index contributed by atoms with van der Waals surface area (Å²) in [6, 6.07) is 13.1. The van der Waals surface area contributed by atoms with Gasteiger partial charge in [0.15, 0.2) is 0 Å². The van der Waals surface area contributed by atoms with E-state index in [1.165, 1.54) is 11.0 Å². The Morgan fingerprint density at radius 1 is 1.11 bits per heavy atom. The maximum atomic E-state index is 13.1. The highest BCUT2D eigenvalue weighted by molar-refractivity contribution is 5.88. The molecule has 0 spiro atoms. The Balaban J connectivity index is 2.32. The Morgan fingerprint density at radius 2 is 1.71 bits per heavy atom.